The van der Waals surface area contributed by atoms with Crippen molar-refractivity contribution in [3.63, 3.8) is 0 Å². The Bertz CT molecular complexity index is 450. The molecule has 2 rings (SSSR count). The molecule has 1 fully saturated rings. The molecule has 0 amide bonds. The van der Waals surface area contributed by atoms with Crippen LogP contribution in [0.2, 0.25) is 0 Å². The van der Waals surface area contributed by atoms with Crippen LogP contribution in [0.4, 0.5) is 0 Å². The molecule has 0 saturated carbocycles. The zero-order valence-corrected chi connectivity index (χ0v) is 13.7. The maximum Gasteiger partial charge on any atom is 0.123 e. The second-order valence-corrected chi connectivity index (χ2v) is 5.73. The van der Waals surface area contributed by atoms with Gasteiger partial charge in [-0.1, -0.05) is 6.92 Å². The summed E-state index contributed by atoms with van der Waals surface area (Å²) in [6.45, 7) is 7.92. The molecule has 1 aromatic rings. The maximum atomic E-state index is 5.49. The minimum absolute atomic E-state index is 0.247. The Labute approximate surface area is 128 Å². The fourth-order valence-electron chi connectivity index (χ4n) is 3.10. The van der Waals surface area contributed by atoms with Crippen molar-refractivity contribution < 1.29 is 9.47 Å². The Hall–Kier alpha value is -1.26. The van der Waals surface area contributed by atoms with Gasteiger partial charge in [-0.05, 0) is 51.1 Å². The van der Waals surface area contributed by atoms with E-state index in [-0.39, 0.29) is 6.04 Å². The van der Waals surface area contributed by atoms with Gasteiger partial charge in [-0.3, -0.25) is 0 Å². The fourth-order valence-corrected chi connectivity index (χ4v) is 3.10. The summed E-state index contributed by atoms with van der Waals surface area (Å²) in [5.74, 6) is 1.79. The Balaban J connectivity index is 2.06. The van der Waals surface area contributed by atoms with Gasteiger partial charge in [0.1, 0.15) is 11.5 Å². The van der Waals surface area contributed by atoms with Gasteiger partial charge in [0.05, 0.1) is 14.2 Å². The molecule has 2 unspecified atom stereocenters. The zero-order chi connectivity index (χ0) is 15.2. The highest BCUT2D eigenvalue weighted by Gasteiger charge is 2.22. The topological polar surface area (TPSA) is 33.7 Å². The number of benzene rings is 1. The molecular formula is C17H28N2O2. The first kappa shape index (κ1) is 16.1. The first-order valence-corrected chi connectivity index (χ1v) is 7.88. The molecule has 0 aliphatic carbocycles. The normalized spacial score (nSPS) is 21.0. The lowest BCUT2D eigenvalue weighted by Crippen LogP contribution is -2.46. The maximum absolute atomic E-state index is 5.49. The van der Waals surface area contributed by atoms with E-state index in [4.69, 9.17) is 9.47 Å². The number of likely N-dealkylation sites (tertiary alicyclic amines) is 1. The lowest BCUT2D eigenvalue weighted by Gasteiger charge is -2.34. The van der Waals surface area contributed by atoms with Crippen LogP contribution in [-0.4, -0.2) is 44.8 Å². The van der Waals surface area contributed by atoms with Crippen molar-refractivity contribution >= 4 is 0 Å². The van der Waals surface area contributed by atoms with Gasteiger partial charge < -0.3 is 19.7 Å². The van der Waals surface area contributed by atoms with Gasteiger partial charge in [-0.2, -0.15) is 0 Å². The summed E-state index contributed by atoms with van der Waals surface area (Å²) in [6.07, 6.45) is 2.51. The van der Waals surface area contributed by atoms with Crippen LogP contribution < -0.4 is 14.8 Å². The number of methoxy groups -OCH3 is 2. The molecule has 0 spiro atoms. The quantitative estimate of drug-likeness (QED) is 0.874. The van der Waals surface area contributed by atoms with Crippen LogP contribution in [0.25, 0.3) is 0 Å². The molecule has 0 bridgehead atoms. The van der Waals surface area contributed by atoms with E-state index >= 15 is 0 Å². The third-order valence-electron chi connectivity index (χ3n) is 4.34. The van der Waals surface area contributed by atoms with Crippen LogP contribution in [0.15, 0.2) is 18.2 Å². The lowest BCUT2D eigenvalue weighted by atomic mass is 10.0. The summed E-state index contributed by atoms with van der Waals surface area (Å²) in [5.41, 5.74) is 1.16. The van der Waals surface area contributed by atoms with Gasteiger partial charge in [0.2, 0.25) is 0 Å². The number of hydrogen-bond acceptors (Lipinski definition) is 4. The Kier molecular flexibility index (Phi) is 5.88. The number of nitrogens with zero attached hydrogens (tertiary/aromatic N) is 1. The molecule has 2 atom stereocenters. The van der Waals surface area contributed by atoms with Crippen LogP contribution in [-0.2, 0) is 0 Å². The number of ether oxygens (including phenoxy) is 2. The van der Waals surface area contributed by atoms with Crippen molar-refractivity contribution in [1.82, 2.24) is 10.2 Å². The Morgan fingerprint density at radius 1 is 1.33 bits per heavy atom. The summed E-state index contributed by atoms with van der Waals surface area (Å²) in [6, 6.07) is 6.78. The highest BCUT2D eigenvalue weighted by Crippen LogP contribution is 2.30. The summed E-state index contributed by atoms with van der Waals surface area (Å²) >= 11 is 0. The average Bonchev–Trinajstić information content (AvgIpc) is 2.54. The van der Waals surface area contributed by atoms with Gasteiger partial charge in [-0.25, -0.2) is 0 Å². The number of likely N-dealkylation sites (N-methyl/N-ethyl adjacent to an activating group) is 1. The summed E-state index contributed by atoms with van der Waals surface area (Å²) < 4.78 is 10.8. The third kappa shape index (κ3) is 4.11. The minimum Gasteiger partial charge on any atom is -0.497 e. The molecule has 4 heteroatoms. The zero-order valence-electron chi connectivity index (χ0n) is 13.7. The van der Waals surface area contributed by atoms with E-state index < -0.39 is 0 Å². The van der Waals surface area contributed by atoms with Gasteiger partial charge in [-0.15, -0.1) is 0 Å². The molecule has 21 heavy (non-hydrogen) atoms. The summed E-state index contributed by atoms with van der Waals surface area (Å²) in [4.78, 5) is 2.51. The lowest BCUT2D eigenvalue weighted by molar-refractivity contribution is 0.191. The molecule has 0 radical (unpaired) electrons. The predicted octanol–water partition coefficient (Wildman–Crippen LogP) is 2.84. The SMILES string of the molecule is CCN1CCCC(NC(C)c2cc(OC)ccc2OC)C1. The molecule has 118 valence electrons. The van der Waals surface area contributed by atoms with E-state index in [0.29, 0.717) is 6.04 Å². The van der Waals surface area contributed by atoms with Crippen molar-refractivity contribution in [3.05, 3.63) is 23.8 Å². The standard InChI is InChI=1S/C17H28N2O2/c1-5-19-10-6-7-14(12-19)18-13(2)16-11-15(20-3)8-9-17(16)21-4/h8-9,11,13-14,18H,5-7,10,12H2,1-4H3. The molecule has 1 aromatic carbocycles. The second kappa shape index (κ2) is 7.66. The Morgan fingerprint density at radius 3 is 2.81 bits per heavy atom. The number of rotatable bonds is 6. The van der Waals surface area contributed by atoms with E-state index in [1.54, 1.807) is 14.2 Å². The molecule has 1 aliphatic rings. The predicted molar refractivity (Wildman–Crippen MR) is 86.2 cm³/mol. The second-order valence-electron chi connectivity index (χ2n) is 5.73. The van der Waals surface area contributed by atoms with Crippen molar-refractivity contribution in [1.29, 1.82) is 0 Å². The fraction of sp³-hybridized carbons (Fsp3) is 0.647. The summed E-state index contributed by atoms with van der Waals surface area (Å²) in [5, 5.41) is 3.75. The van der Waals surface area contributed by atoms with Crippen LogP contribution in [0, 0.1) is 0 Å². The van der Waals surface area contributed by atoms with Crippen molar-refractivity contribution in [2.24, 2.45) is 0 Å². The number of nitrogens with one attached hydrogen (secondary N) is 1. The van der Waals surface area contributed by atoms with Crippen molar-refractivity contribution in [2.45, 2.75) is 38.8 Å². The van der Waals surface area contributed by atoms with Crippen LogP contribution in [0.3, 0.4) is 0 Å². The largest absolute Gasteiger partial charge is 0.497 e. The van der Waals surface area contributed by atoms with Gasteiger partial charge >= 0.3 is 0 Å². The number of piperidine rings is 1. The van der Waals surface area contributed by atoms with Crippen LogP contribution in [0.5, 0.6) is 11.5 Å². The summed E-state index contributed by atoms with van der Waals surface area (Å²) in [7, 11) is 3.42. The minimum atomic E-state index is 0.247. The van der Waals surface area contributed by atoms with Crippen molar-refractivity contribution in [3.8, 4) is 11.5 Å². The first-order chi connectivity index (χ1) is 10.2. The molecule has 1 N–H and O–H groups in total. The molecule has 0 aromatic heterocycles. The van der Waals surface area contributed by atoms with Crippen LogP contribution in [0.1, 0.15) is 38.3 Å². The average molecular weight is 292 g/mol. The Morgan fingerprint density at radius 2 is 2.14 bits per heavy atom. The molecule has 1 saturated heterocycles. The van der Waals surface area contributed by atoms with E-state index in [1.807, 2.05) is 12.1 Å². The first-order valence-electron chi connectivity index (χ1n) is 7.88. The van der Waals surface area contributed by atoms with Gasteiger partial charge in [0.25, 0.3) is 0 Å². The van der Waals surface area contributed by atoms with Crippen molar-refractivity contribution in [2.75, 3.05) is 33.9 Å². The smallest absolute Gasteiger partial charge is 0.123 e. The highest BCUT2D eigenvalue weighted by atomic mass is 16.5. The van der Waals surface area contributed by atoms with Crippen LogP contribution >= 0.6 is 0 Å². The highest BCUT2D eigenvalue weighted by molar-refractivity contribution is 5.42. The molecule has 4 nitrogen and oxygen atoms in total. The van der Waals surface area contributed by atoms with E-state index in [2.05, 4.69) is 30.1 Å². The van der Waals surface area contributed by atoms with Gasteiger partial charge in [0.15, 0.2) is 0 Å². The van der Waals surface area contributed by atoms with E-state index in [9.17, 15) is 0 Å². The molecule has 1 heterocycles. The number of hydrogen-bond donors (Lipinski definition) is 1. The molecular weight excluding hydrogens is 264 g/mol. The monoisotopic (exact) mass is 292 g/mol. The van der Waals surface area contributed by atoms with E-state index in [0.717, 1.165) is 30.2 Å². The van der Waals surface area contributed by atoms with Gasteiger partial charge in [0, 0.05) is 24.2 Å². The third-order valence-corrected chi connectivity index (χ3v) is 4.34. The molecule has 1 aliphatic heterocycles. The van der Waals surface area contributed by atoms with E-state index in [1.165, 1.54) is 19.4 Å².